The number of phenolic OH excluding ortho intramolecular Hbond substituents is 1. The van der Waals surface area contributed by atoms with Crippen molar-refractivity contribution in [2.24, 2.45) is 0 Å². The predicted octanol–water partition coefficient (Wildman–Crippen LogP) is 4.40. The van der Waals surface area contributed by atoms with Gasteiger partial charge in [-0.15, -0.1) is 0 Å². The van der Waals surface area contributed by atoms with E-state index < -0.39 is 5.54 Å². The fourth-order valence-electron chi connectivity index (χ4n) is 6.34. The molecule has 3 aliphatic heterocycles. The second kappa shape index (κ2) is 9.51. The highest BCUT2D eigenvalue weighted by Crippen LogP contribution is 2.47. The van der Waals surface area contributed by atoms with Gasteiger partial charge in [0.15, 0.2) is 0 Å². The molecule has 1 unspecified atom stereocenters. The third-order valence-electron chi connectivity index (χ3n) is 8.18. The first kappa shape index (κ1) is 24.6. The summed E-state index contributed by atoms with van der Waals surface area (Å²) >= 11 is 0. The first-order valence-corrected chi connectivity index (χ1v) is 13.5. The van der Waals surface area contributed by atoms with Gasteiger partial charge in [0.25, 0.3) is 5.91 Å². The van der Waals surface area contributed by atoms with Crippen molar-refractivity contribution in [2.75, 3.05) is 32.8 Å². The number of amides is 3. The number of nitrogens with one attached hydrogen (secondary N) is 1. The lowest BCUT2D eigenvalue weighted by molar-refractivity contribution is -0.133. The zero-order valence-corrected chi connectivity index (χ0v) is 21.9. The van der Waals surface area contributed by atoms with E-state index in [2.05, 4.69) is 22.0 Å². The van der Waals surface area contributed by atoms with E-state index in [0.29, 0.717) is 32.5 Å². The molecule has 2 N–H and O–H groups in total. The minimum Gasteiger partial charge on any atom is -0.508 e. The van der Waals surface area contributed by atoms with Crippen molar-refractivity contribution in [2.45, 2.75) is 44.7 Å². The number of fused-ring (bicyclic) bond motifs is 4. The van der Waals surface area contributed by atoms with Gasteiger partial charge in [0.05, 0.1) is 12.6 Å². The fraction of sp³-hybridized carbons (Fsp3) is 0.400. The van der Waals surface area contributed by atoms with Crippen molar-refractivity contribution in [3.05, 3.63) is 71.4 Å². The Bertz CT molecular complexity index is 1430. The Labute approximate surface area is 222 Å². The molecule has 2 aromatic carbocycles. The van der Waals surface area contributed by atoms with Crippen molar-refractivity contribution in [3.8, 4) is 11.5 Å². The van der Waals surface area contributed by atoms with E-state index >= 15 is 0 Å². The quantitative estimate of drug-likeness (QED) is 0.361. The molecule has 6 rings (SSSR count). The summed E-state index contributed by atoms with van der Waals surface area (Å²) in [6, 6.07) is 12.5. The lowest BCUT2D eigenvalue weighted by atomic mass is 9.81. The van der Waals surface area contributed by atoms with Gasteiger partial charge in [-0.25, -0.2) is 4.79 Å². The second-order valence-electron chi connectivity index (χ2n) is 10.7. The van der Waals surface area contributed by atoms with Gasteiger partial charge in [0.1, 0.15) is 17.0 Å². The van der Waals surface area contributed by atoms with Crippen molar-refractivity contribution >= 4 is 22.8 Å². The number of rotatable bonds is 7. The molecule has 8 heteroatoms. The molecule has 198 valence electrons. The van der Waals surface area contributed by atoms with Crippen molar-refractivity contribution < 1.29 is 19.4 Å². The first-order chi connectivity index (χ1) is 18.4. The maximum absolute atomic E-state index is 14.0. The van der Waals surface area contributed by atoms with Crippen LogP contribution in [0.3, 0.4) is 0 Å². The molecule has 0 spiro atoms. The summed E-state index contributed by atoms with van der Waals surface area (Å²) in [4.78, 5) is 37.1. The number of imide groups is 1. The third-order valence-corrected chi connectivity index (χ3v) is 8.18. The van der Waals surface area contributed by atoms with Crippen LogP contribution in [0.25, 0.3) is 10.9 Å². The standard InChI is InChI=1S/C30H34N4O4/c1-3-38-22-10-11-25-23(18-22)24-19-30(2)28(36)33(15-14-32-12-5-4-6-13-32)29(37)34(30)26(27(24)31-25)17-20-8-7-9-21(35)16-20/h4-5,7-11,16,18,26,31,35H,3,6,12-15,17,19H2,1-2H3/t26?,30-/m0/s1. The maximum Gasteiger partial charge on any atom is 0.328 e. The number of benzene rings is 2. The van der Waals surface area contributed by atoms with Crippen LogP contribution in [0, 0.1) is 0 Å². The Balaban J connectivity index is 1.41. The molecule has 0 aliphatic carbocycles. The van der Waals surface area contributed by atoms with E-state index in [-0.39, 0.29) is 23.7 Å². The van der Waals surface area contributed by atoms with Gasteiger partial charge in [0.2, 0.25) is 0 Å². The van der Waals surface area contributed by atoms with E-state index in [1.54, 1.807) is 17.0 Å². The molecule has 3 aliphatic rings. The number of nitrogens with zero attached hydrogens (tertiary/aromatic N) is 3. The average Bonchev–Trinajstić information content (AvgIpc) is 3.35. The molecule has 1 aromatic heterocycles. The van der Waals surface area contributed by atoms with Gasteiger partial charge in [-0.05, 0) is 68.1 Å². The first-order valence-electron chi connectivity index (χ1n) is 13.5. The van der Waals surface area contributed by atoms with Gasteiger partial charge in [-0.1, -0.05) is 24.3 Å². The Kier molecular flexibility index (Phi) is 6.14. The smallest absolute Gasteiger partial charge is 0.328 e. The number of aromatic hydroxyl groups is 1. The normalized spacial score (nSPS) is 23.3. The van der Waals surface area contributed by atoms with Gasteiger partial charge in [-0.2, -0.15) is 0 Å². The van der Waals surface area contributed by atoms with Crippen LogP contribution in [0.1, 0.15) is 43.1 Å². The Morgan fingerprint density at radius 2 is 2.00 bits per heavy atom. The Morgan fingerprint density at radius 3 is 2.76 bits per heavy atom. The van der Waals surface area contributed by atoms with Gasteiger partial charge in [0, 0.05) is 49.2 Å². The van der Waals surface area contributed by atoms with Crippen molar-refractivity contribution in [1.82, 2.24) is 19.7 Å². The van der Waals surface area contributed by atoms with Crippen LogP contribution < -0.4 is 4.74 Å². The fourth-order valence-corrected chi connectivity index (χ4v) is 6.34. The number of aromatic amines is 1. The maximum atomic E-state index is 14.0. The molecule has 4 heterocycles. The number of H-pyrrole nitrogens is 1. The summed E-state index contributed by atoms with van der Waals surface area (Å²) in [7, 11) is 0. The van der Waals surface area contributed by atoms with Gasteiger partial charge < -0.3 is 19.7 Å². The topological polar surface area (TPSA) is 89.1 Å². The minimum absolute atomic E-state index is 0.142. The summed E-state index contributed by atoms with van der Waals surface area (Å²) in [5.41, 5.74) is 2.86. The minimum atomic E-state index is -0.996. The highest BCUT2D eigenvalue weighted by Gasteiger charge is 2.59. The molecule has 2 atom stereocenters. The summed E-state index contributed by atoms with van der Waals surface area (Å²) < 4.78 is 5.78. The molecule has 3 aromatic rings. The van der Waals surface area contributed by atoms with Crippen molar-refractivity contribution in [1.29, 1.82) is 0 Å². The number of ether oxygens (including phenoxy) is 1. The van der Waals surface area contributed by atoms with E-state index in [4.69, 9.17) is 4.74 Å². The summed E-state index contributed by atoms with van der Waals surface area (Å²) in [6.07, 6.45) is 6.21. The van der Waals surface area contributed by atoms with E-state index in [1.165, 1.54) is 4.90 Å². The number of aromatic nitrogens is 1. The molecule has 1 fully saturated rings. The average molecular weight is 515 g/mol. The summed E-state index contributed by atoms with van der Waals surface area (Å²) in [5.74, 6) is 0.821. The van der Waals surface area contributed by atoms with Crippen LogP contribution in [-0.2, 0) is 17.6 Å². The molecule has 0 bridgehead atoms. The molecular formula is C30H34N4O4. The molecular weight excluding hydrogens is 480 g/mol. The number of urea groups is 1. The largest absolute Gasteiger partial charge is 0.508 e. The SMILES string of the molecule is CCOc1ccc2[nH]c3c(c2c1)C[C@@]1(C)C(=O)N(CCN2CC=CCC2)C(=O)N1C3Cc1cccc(O)c1. The molecule has 3 amide bonds. The number of hydrogen-bond donors (Lipinski definition) is 2. The van der Waals surface area contributed by atoms with E-state index in [1.807, 2.05) is 44.2 Å². The monoisotopic (exact) mass is 514 g/mol. The molecule has 1 saturated heterocycles. The lowest BCUT2D eigenvalue weighted by Gasteiger charge is -2.42. The number of carbonyl (C=O) groups is 2. The van der Waals surface area contributed by atoms with Crippen LogP contribution in [0.5, 0.6) is 11.5 Å². The van der Waals surface area contributed by atoms with Crippen LogP contribution >= 0.6 is 0 Å². The van der Waals surface area contributed by atoms with Crippen LogP contribution in [-0.4, -0.2) is 75.1 Å². The van der Waals surface area contributed by atoms with E-state index in [9.17, 15) is 14.7 Å². The number of phenols is 1. The second-order valence-corrected chi connectivity index (χ2v) is 10.7. The number of carbonyl (C=O) groups excluding carboxylic acids is 2. The number of hydrogen-bond acceptors (Lipinski definition) is 5. The van der Waals surface area contributed by atoms with Crippen molar-refractivity contribution in [3.63, 3.8) is 0 Å². The highest BCUT2D eigenvalue weighted by atomic mass is 16.5. The lowest BCUT2D eigenvalue weighted by Crippen LogP contribution is -2.53. The molecule has 38 heavy (non-hydrogen) atoms. The molecule has 8 nitrogen and oxygen atoms in total. The van der Waals surface area contributed by atoms with Crippen LogP contribution in [0.2, 0.25) is 0 Å². The van der Waals surface area contributed by atoms with Crippen LogP contribution in [0.15, 0.2) is 54.6 Å². The van der Waals surface area contributed by atoms with Gasteiger partial charge >= 0.3 is 6.03 Å². The molecule has 0 saturated carbocycles. The van der Waals surface area contributed by atoms with Crippen LogP contribution in [0.4, 0.5) is 4.79 Å². The van der Waals surface area contributed by atoms with E-state index in [0.717, 1.165) is 53.0 Å². The highest BCUT2D eigenvalue weighted by molar-refractivity contribution is 6.08. The zero-order chi connectivity index (χ0) is 26.4. The summed E-state index contributed by atoms with van der Waals surface area (Å²) in [5, 5.41) is 11.1. The Morgan fingerprint density at radius 1 is 1.13 bits per heavy atom. The zero-order valence-electron chi connectivity index (χ0n) is 21.9. The third kappa shape index (κ3) is 4.04. The predicted molar refractivity (Wildman–Crippen MR) is 145 cm³/mol. The Hall–Kier alpha value is -3.78. The summed E-state index contributed by atoms with van der Waals surface area (Å²) in [6.45, 7) is 7.24. The molecule has 0 radical (unpaired) electrons. The van der Waals surface area contributed by atoms with Gasteiger partial charge in [-0.3, -0.25) is 14.6 Å².